The molecule has 0 atom stereocenters. The average molecular weight is 249 g/mol. The summed E-state index contributed by atoms with van der Waals surface area (Å²) in [6.07, 6.45) is -4.10. The molecule has 1 rings (SSSR count). The van der Waals surface area contributed by atoms with Gasteiger partial charge < -0.3 is 0 Å². The summed E-state index contributed by atoms with van der Waals surface area (Å²) in [6, 6.07) is 2.37. The van der Waals surface area contributed by atoms with Crippen LogP contribution in [0.15, 0.2) is 23.1 Å². The van der Waals surface area contributed by atoms with E-state index in [1.54, 1.807) is 0 Å². The van der Waals surface area contributed by atoms with Gasteiger partial charge in [-0.3, -0.25) is 0 Å². The Bertz CT molecular complexity index is 555. The van der Waals surface area contributed by atoms with E-state index in [2.05, 4.69) is 4.85 Å². The monoisotopic (exact) mass is 249 g/mol. The molecule has 16 heavy (non-hydrogen) atoms. The molecule has 1 aromatic carbocycles. The van der Waals surface area contributed by atoms with Gasteiger partial charge in [-0.05, 0) is 6.07 Å². The summed E-state index contributed by atoms with van der Waals surface area (Å²) in [5.74, 6) is 0. The van der Waals surface area contributed by atoms with Crippen LogP contribution in [0, 0.1) is 6.57 Å². The van der Waals surface area contributed by atoms with Crippen LogP contribution in [0.4, 0.5) is 18.9 Å². The first-order chi connectivity index (χ1) is 7.16. The van der Waals surface area contributed by atoms with Crippen LogP contribution < -0.4 is 0 Å². The predicted molar refractivity (Wildman–Crippen MR) is 50.8 cm³/mol. The van der Waals surface area contributed by atoms with E-state index in [4.69, 9.17) is 6.57 Å². The largest absolute Gasteiger partial charge is 0.416 e. The Morgan fingerprint density at radius 1 is 1.31 bits per heavy atom. The first-order valence-electron chi connectivity index (χ1n) is 3.95. The van der Waals surface area contributed by atoms with Crippen molar-refractivity contribution in [3.05, 3.63) is 35.2 Å². The lowest BCUT2D eigenvalue weighted by Crippen LogP contribution is -2.12. The molecule has 0 N–H and O–H groups in total. The molecule has 0 spiro atoms. The van der Waals surface area contributed by atoms with Crippen LogP contribution in [0.25, 0.3) is 4.85 Å². The van der Waals surface area contributed by atoms with E-state index in [0.29, 0.717) is 12.3 Å². The summed E-state index contributed by atoms with van der Waals surface area (Å²) in [4.78, 5) is 2.01. The fraction of sp³-hybridized carbons (Fsp3) is 0.222. The van der Waals surface area contributed by atoms with Crippen LogP contribution >= 0.6 is 0 Å². The lowest BCUT2D eigenvalue weighted by atomic mass is 10.2. The molecule has 0 amide bonds. The minimum absolute atomic E-state index is 0.250. The van der Waals surface area contributed by atoms with E-state index in [1.165, 1.54) is 0 Å². The number of sulfone groups is 1. The van der Waals surface area contributed by atoms with Gasteiger partial charge >= 0.3 is 6.18 Å². The van der Waals surface area contributed by atoms with Gasteiger partial charge in [-0.25, -0.2) is 13.3 Å². The van der Waals surface area contributed by atoms with Crippen molar-refractivity contribution in [2.24, 2.45) is 0 Å². The minimum Gasteiger partial charge on any atom is -0.238 e. The molecule has 1 aromatic rings. The second-order valence-corrected chi connectivity index (χ2v) is 5.05. The number of hydrogen-bond donors (Lipinski definition) is 0. The number of halogens is 3. The maximum Gasteiger partial charge on any atom is 0.416 e. The number of hydrogen-bond acceptors (Lipinski definition) is 2. The molecule has 3 nitrogen and oxygen atoms in total. The highest BCUT2D eigenvalue weighted by atomic mass is 32.2. The maximum absolute atomic E-state index is 12.5. The molecule has 0 saturated carbocycles. The highest BCUT2D eigenvalue weighted by Crippen LogP contribution is 2.36. The third-order valence-electron chi connectivity index (χ3n) is 1.80. The average Bonchev–Trinajstić information content (AvgIpc) is 2.14. The van der Waals surface area contributed by atoms with Gasteiger partial charge in [-0.2, -0.15) is 13.2 Å². The van der Waals surface area contributed by atoms with Crippen molar-refractivity contribution < 1.29 is 21.6 Å². The van der Waals surface area contributed by atoms with Crippen LogP contribution in [0.5, 0.6) is 0 Å². The maximum atomic E-state index is 12.5. The molecule has 0 unspecified atom stereocenters. The molecule has 0 aromatic heterocycles. The lowest BCUT2D eigenvalue weighted by Gasteiger charge is -2.11. The molecule has 0 aliphatic carbocycles. The number of benzene rings is 1. The van der Waals surface area contributed by atoms with Crippen LogP contribution in [0.3, 0.4) is 0 Å². The van der Waals surface area contributed by atoms with E-state index < -0.39 is 26.5 Å². The molecule has 86 valence electrons. The van der Waals surface area contributed by atoms with Crippen molar-refractivity contribution in [3.63, 3.8) is 0 Å². The van der Waals surface area contributed by atoms with Crippen molar-refractivity contribution in [3.8, 4) is 0 Å². The molecule has 0 radical (unpaired) electrons. The molecule has 0 saturated heterocycles. The second-order valence-electron chi connectivity index (χ2n) is 3.06. The lowest BCUT2D eigenvalue weighted by molar-refractivity contribution is -0.139. The van der Waals surface area contributed by atoms with Crippen molar-refractivity contribution >= 4 is 15.5 Å². The van der Waals surface area contributed by atoms with Gasteiger partial charge in [0.05, 0.1) is 17.0 Å². The molecule has 7 heteroatoms. The van der Waals surface area contributed by atoms with Crippen LogP contribution in [-0.4, -0.2) is 14.7 Å². The highest BCUT2D eigenvalue weighted by Gasteiger charge is 2.36. The molecular formula is C9H6F3NO2S. The number of nitrogens with zero attached hydrogens (tertiary/aromatic N) is 1. The zero-order chi connectivity index (χ0) is 12.6. The Hall–Kier alpha value is -1.55. The molecule has 0 aliphatic rings. The van der Waals surface area contributed by atoms with E-state index in [0.717, 1.165) is 12.1 Å². The van der Waals surface area contributed by atoms with Crippen LogP contribution in [-0.2, 0) is 16.0 Å². The normalized spacial score (nSPS) is 12.2. The molecular weight excluding hydrogens is 243 g/mol. The van der Waals surface area contributed by atoms with Gasteiger partial charge in [0, 0.05) is 6.26 Å². The minimum atomic E-state index is -4.79. The third-order valence-corrected chi connectivity index (χ3v) is 2.95. The molecule has 0 aliphatic heterocycles. The van der Waals surface area contributed by atoms with Gasteiger partial charge in [-0.1, -0.05) is 12.1 Å². The van der Waals surface area contributed by atoms with Gasteiger partial charge in [0.25, 0.3) is 0 Å². The van der Waals surface area contributed by atoms with Crippen molar-refractivity contribution in [2.45, 2.75) is 11.1 Å². The fourth-order valence-corrected chi connectivity index (χ4v) is 2.02. The van der Waals surface area contributed by atoms with Crippen LogP contribution in [0.1, 0.15) is 5.56 Å². The Balaban J connectivity index is 3.60. The van der Waals surface area contributed by atoms with Gasteiger partial charge in [0.1, 0.15) is 0 Å². The first-order valence-corrected chi connectivity index (χ1v) is 5.84. The standard InChI is InChI=1S/C9H6F3NO2S/c1-13-6-3-4-8(16(2,14)15)7(5-6)9(10,11)12/h3-5H,2H3. The summed E-state index contributed by atoms with van der Waals surface area (Å²) >= 11 is 0. The number of alkyl halides is 3. The van der Waals surface area contributed by atoms with E-state index in [1.807, 2.05) is 0 Å². The summed E-state index contributed by atoms with van der Waals surface area (Å²) in [5, 5.41) is 0. The van der Waals surface area contributed by atoms with E-state index >= 15 is 0 Å². The quantitative estimate of drug-likeness (QED) is 0.718. The Morgan fingerprint density at radius 3 is 2.25 bits per heavy atom. The summed E-state index contributed by atoms with van der Waals surface area (Å²) in [5.41, 5.74) is -1.55. The summed E-state index contributed by atoms with van der Waals surface area (Å²) in [7, 11) is -3.96. The second kappa shape index (κ2) is 3.79. The topological polar surface area (TPSA) is 38.5 Å². The van der Waals surface area contributed by atoms with Crippen molar-refractivity contribution in [1.82, 2.24) is 0 Å². The van der Waals surface area contributed by atoms with Gasteiger partial charge in [0.15, 0.2) is 15.5 Å². The zero-order valence-electron chi connectivity index (χ0n) is 8.04. The number of rotatable bonds is 1. The van der Waals surface area contributed by atoms with Gasteiger partial charge in [-0.15, -0.1) is 0 Å². The van der Waals surface area contributed by atoms with Crippen molar-refractivity contribution in [1.29, 1.82) is 0 Å². The summed E-state index contributed by atoms with van der Waals surface area (Å²) < 4.78 is 59.8. The SMILES string of the molecule is [C-]#[N+]c1ccc(S(C)(=O)=O)c(C(F)(F)F)c1. The third kappa shape index (κ3) is 2.52. The van der Waals surface area contributed by atoms with Gasteiger partial charge in [0.2, 0.25) is 0 Å². The van der Waals surface area contributed by atoms with Crippen molar-refractivity contribution in [2.75, 3.05) is 6.26 Å². The molecule has 0 bridgehead atoms. The molecule has 0 heterocycles. The Kier molecular flexibility index (Phi) is 2.97. The highest BCUT2D eigenvalue weighted by molar-refractivity contribution is 7.90. The fourth-order valence-electron chi connectivity index (χ4n) is 1.13. The Morgan fingerprint density at radius 2 is 1.88 bits per heavy atom. The predicted octanol–water partition coefficient (Wildman–Crippen LogP) is 2.66. The van der Waals surface area contributed by atoms with E-state index in [-0.39, 0.29) is 5.69 Å². The van der Waals surface area contributed by atoms with E-state index in [9.17, 15) is 21.6 Å². The smallest absolute Gasteiger partial charge is 0.238 e. The first kappa shape index (κ1) is 12.5. The molecule has 0 fully saturated rings. The summed E-state index contributed by atoms with van der Waals surface area (Å²) in [6.45, 7) is 6.58. The zero-order valence-corrected chi connectivity index (χ0v) is 8.85. The van der Waals surface area contributed by atoms with Crippen LogP contribution in [0.2, 0.25) is 0 Å². The Labute approximate surface area is 90.3 Å².